The lowest BCUT2D eigenvalue weighted by Gasteiger charge is -2.50. The molecule has 0 nitrogen and oxygen atoms in total. The van der Waals surface area contributed by atoms with E-state index in [9.17, 15) is 17.3 Å². The predicted octanol–water partition coefficient (Wildman–Crippen LogP) is 9.77. The van der Waals surface area contributed by atoms with Gasteiger partial charge in [-0.25, -0.2) is 0 Å². The molecule has 2 aromatic carbocycles. The second kappa shape index (κ2) is 10.5. The van der Waals surface area contributed by atoms with Crippen LogP contribution in [0.15, 0.2) is 48.5 Å². The molecular formula is C27H35BF4P-. The van der Waals surface area contributed by atoms with E-state index in [1.165, 1.54) is 70.6 Å². The normalized spacial score (nSPS) is 20.7. The fourth-order valence-electron chi connectivity index (χ4n) is 6.78. The first-order valence-electron chi connectivity index (χ1n) is 12.7. The molecule has 0 heterocycles. The van der Waals surface area contributed by atoms with E-state index in [2.05, 4.69) is 55.5 Å². The Morgan fingerprint density at radius 2 is 1.06 bits per heavy atom. The number of fused-ring (bicyclic) bond motifs is 3. The summed E-state index contributed by atoms with van der Waals surface area (Å²) in [6, 6.07) is 18.9. The third-order valence-corrected chi connectivity index (χ3v) is 12.2. The van der Waals surface area contributed by atoms with E-state index in [4.69, 9.17) is 0 Å². The van der Waals surface area contributed by atoms with Gasteiger partial charge in [-0.2, -0.15) is 0 Å². The van der Waals surface area contributed by atoms with E-state index in [0.717, 1.165) is 11.3 Å². The number of benzene rings is 2. The largest absolute Gasteiger partial charge is 0.673 e. The SMILES string of the molecule is CCC1(P(C2CCCCC2)C2CCCCC2)c2ccccc2-c2ccccc21.F[B-](F)(F)F. The van der Waals surface area contributed by atoms with Crippen molar-refractivity contribution in [3.05, 3.63) is 59.7 Å². The van der Waals surface area contributed by atoms with Crippen molar-refractivity contribution in [2.24, 2.45) is 0 Å². The summed E-state index contributed by atoms with van der Waals surface area (Å²) < 4.78 is 39.0. The van der Waals surface area contributed by atoms with Crippen LogP contribution in [-0.2, 0) is 5.16 Å². The summed E-state index contributed by atoms with van der Waals surface area (Å²) in [4.78, 5) is 0. The van der Waals surface area contributed by atoms with Crippen molar-refractivity contribution < 1.29 is 17.3 Å². The van der Waals surface area contributed by atoms with Gasteiger partial charge in [-0.05, 0) is 65.7 Å². The lowest BCUT2D eigenvalue weighted by atomic mass is 9.93. The van der Waals surface area contributed by atoms with Crippen LogP contribution in [0.4, 0.5) is 17.3 Å². The van der Waals surface area contributed by atoms with Crippen LogP contribution >= 0.6 is 7.92 Å². The zero-order valence-corrected chi connectivity index (χ0v) is 20.5. The molecule has 0 saturated heterocycles. The van der Waals surface area contributed by atoms with Gasteiger partial charge >= 0.3 is 7.25 Å². The van der Waals surface area contributed by atoms with Crippen LogP contribution in [0.2, 0.25) is 0 Å². The van der Waals surface area contributed by atoms with E-state index >= 15 is 0 Å². The number of hydrogen-bond donors (Lipinski definition) is 0. The first kappa shape index (κ1) is 24.8. The molecule has 2 aromatic rings. The van der Waals surface area contributed by atoms with E-state index in [1.807, 2.05) is 0 Å². The second-order valence-electron chi connectivity index (χ2n) is 9.79. The van der Waals surface area contributed by atoms with Crippen molar-refractivity contribution in [2.45, 2.75) is 94.0 Å². The van der Waals surface area contributed by atoms with Gasteiger partial charge in [-0.1, -0.05) is 102 Å². The molecule has 2 fully saturated rings. The molecule has 180 valence electrons. The average Bonchev–Trinajstić information content (AvgIpc) is 3.11. The Morgan fingerprint density at radius 3 is 1.42 bits per heavy atom. The summed E-state index contributed by atoms with van der Waals surface area (Å²) in [5.41, 5.74) is 8.40. The van der Waals surface area contributed by atoms with Crippen LogP contribution in [0.1, 0.15) is 88.7 Å². The van der Waals surface area contributed by atoms with Crippen LogP contribution in [-0.4, -0.2) is 18.6 Å². The number of hydrogen-bond acceptors (Lipinski definition) is 0. The smallest absolute Gasteiger partial charge is 0.418 e. The molecule has 0 unspecified atom stereocenters. The van der Waals surface area contributed by atoms with E-state index in [1.54, 1.807) is 22.3 Å². The van der Waals surface area contributed by atoms with Crippen molar-refractivity contribution >= 4 is 15.2 Å². The lowest BCUT2D eigenvalue weighted by molar-refractivity contribution is 0.368. The Labute approximate surface area is 197 Å². The van der Waals surface area contributed by atoms with Gasteiger partial charge in [0.15, 0.2) is 0 Å². The van der Waals surface area contributed by atoms with Gasteiger partial charge in [0.05, 0.1) is 0 Å². The summed E-state index contributed by atoms with van der Waals surface area (Å²) in [6.45, 7) is 2.50. The topological polar surface area (TPSA) is 0 Å². The summed E-state index contributed by atoms with van der Waals surface area (Å²) in [5, 5.41) is 0.298. The zero-order valence-electron chi connectivity index (χ0n) is 19.6. The Morgan fingerprint density at radius 1 is 0.697 bits per heavy atom. The van der Waals surface area contributed by atoms with Crippen molar-refractivity contribution in [2.75, 3.05) is 0 Å². The monoisotopic (exact) mass is 477 g/mol. The fraction of sp³-hybridized carbons (Fsp3) is 0.556. The maximum Gasteiger partial charge on any atom is 0.673 e. The molecule has 0 N–H and O–H groups in total. The summed E-state index contributed by atoms with van der Waals surface area (Å²) in [7, 11) is -6.06. The van der Waals surface area contributed by atoms with Crippen LogP contribution in [0.5, 0.6) is 0 Å². The molecule has 0 radical (unpaired) electrons. The first-order valence-corrected chi connectivity index (χ1v) is 14.2. The standard InChI is InChI=1S/C27H35P.BF4/c1-2-27(25-19-11-9-17-23(25)24-18-10-12-20-26(24)27)28(21-13-5-3-6-14-21)22-15-7-4-8-16-22;2-1(3,4)5/h9-12,17-22H,2-8,13-16H2,1H3;/q;-1. The molecule has 3 aliphatic carbocycles. The highest BCUT2D eigenvalue weighted by molar-refractivity contribution is 7.60. The molecule has 33 heavy (non-hydrogen) atoms. The molecule has 6 heteroatoms. The Kier molecular flexibility index (Phi) is 7.89. The van der Waals surface area contributed by atoms with Gasteiger partial charge < -0.3 is 17.3 Å². The maximum absolute atomic E-state index is 9.75. The van der Waals surface area contributed by atoms with Crippen molar-refractivity contribution in [3.8, 4) is 11.1 Å². The molecule has 0 spiro atoms. The minimum absolute atomic E-state index is 0.0557. The average molecular weight is 477 g/mol. The van der Waals surface area contributed by atoms with Gasteiger partial charge in [0, 0.05) is 5.16 Å². The van der Waals surface area contributed by atoms with Crippen LogP contribution in [0, 0.1) is 0 Å². The molecule has 3 aliphatic rings. The summed E-state index contributed by atoms with van der Waals surface area (Å²) in [5.74, 6) is 0. The van der Waals surface area contributed by atoms with Crippen molar-refractivity contribution in [1.82, 2.24) is 0 Å². The Balaban J connectivity index is 0.000000471. The second-order valence-corrected chi connectivity index (χ2v) is 12.8. The first-order chi connectivity index (χ1) is 15.9. The zero-order chi connectivity index (χ0) is 23.5. The third kappa shape index (κ3) is 5.19. The maximum atomic E-state index is 9.75. The van der Waals surface area contributed by atoms with Crippen LogP contribution in [0.3, 0.4) is 0 Å². The molecule has 0 aliphatic heterocycles. The highest BCUT2D eigenvalue weighted by Crippen LogP contribution is 2.74. The van der Waals surface area contributed by atoms with Gasteiger partial charge in [0.25, 0.3) is 0 Å². The molecule has 0 bridgehead atoms. The lowest BCUT2D eigenvalue weighted by Crippen LogP contribution is -2.34. The van der Waals surface area contributed by atoms with E-state index < -0.39 is 7.25 Å². The van der Waals surface area contributed by atoms with Gasteiger partial charge in [0.1, 0.15) is 0 Å². The third-order valence-electron chi connectivity index (χ3n) is 7.92. The minimum Gasteiger partial charge on any atom is -0.418 e. The predicted molar refractivity (Wildman–Crippen MR) is 134 cm³/mol. The molecular weight excluding hydrogens is 442 g/mol. The minimum atomic E-state index is -6.00. The fourth-order valence-corrected chi connectivity index (χ4v) is 11.8. The molecule has 0 atom stereocenters. The molecule has 5 rings (SSSR count). The molecule has 0 aromatic heterocycles. The Hall–Kier alpha value is -1.35. The highest BCUT2D eigenvalue weighted by atomic mass is 31.1. The Bertz CT molecular complexity index is 847. The van der Waals surface area contributed by atoms with Crippen molar-refractivity contribution in [3.63, 3.8) is 0 Å². The van der Waals surface area contributed by atoms with E-state index in [-0.39, 0.29) is 7.92 Å². The number of rotatable bonds is 4. The molecule has 0 amide bonds. The number of halogens is 4. The van der Waals surface area contributed by atoms with E-state index in [0.29, 0.717) is 5.16 Å². The quantitative estimate of drug-likeness (QED) is 0.234. The van der Waals surface area contributed by atoms with Gasteiger partial charge in [-0.15, -0.1) is 0 Å². The van der Waals surface area contributed by atoms with Crippen LogP contribution in [0.25, 0.3) is 11.1 Å². The van der Waals surface area contributed by atoms with Crippen molar-refractivity contribution in [1.29, 1.82) is 0 Å². The highest BCUT2D eigenvalue weighted by Gasteiger charge is 2.51. The molecule has 2 saturated carbocycles. The summed E-state index contributed by atoms with van der Waals surface area (Å²) in [6.07, 6.45) is 16.1. The summed E-state index contributed by atoms with van der Waals surface area (Å²) >= 11 is 0. The van der Waals surface area contributed by atoms with Gasteiger partial charge in [-0.3, -0.25) is 0 Å². The van der Waals surface area contributed by atoms with Gasteiger partial charge in [0.2, 0.25) is 0 Å². The van der Waals surface area contributed by atoms with Crippen LogP contribution < -0.4 is 0 Å².